The molecule has 132 valence electrons. The van der Waals surface area contributed by atoms with Gasteiger partial charge in [-0.05, 0) is 66.6 Å². The lowest BCUT2D eigenvalue weighted by Crippen LogP contribution is -2.43. The number of hydrogen-bond donors (Lipinski definition) is 1. The van der Waals surface area contributed by atoms with Crippen molar-refractivity contribution in [2.45, 2.75) is 30.7 Å². The summed E-state index contributed by atoms with van der Waals surface area (Å²) in [5, 5.41) is 2.86. The highest BCUT2D eigenvalue weighted by Gasteiger charge is 2.39. The Kier molecular flexibility index (Phi) is 5.45. The summed E-state index contributed by atoms with van der Waals surface area (Å²) in [4.78, 5) is 12.9. The maximum atomic E-state index is 12.9. The van der Waals surface area contributed by atoms with E-state index in [9.17, 15) is 13.2 Å². The van der Waals surface area contributed by atoms with Gasteiger partial charge in [0.2, 0.25) is 15.9 Å². The molecule has 0 aliphatic carbocycles. The van der Waals surface area contributed by atoms with Gasteiger partial charge in [-0.25, -0.2) is 8.42 Å². The minimum Gasteiger partial charge on any atom is -0.324 e. The van der Waals surface area contributed by atoms with Crippen molar-refractivity contribution in [2.75, 3.05) is 11.9 Å². The highest BCUT2D eigenvalue weighted by Crippen LogP contribution is 2.28. The average Bonchev–Trinajstić information content (AvgIpc) is 3.08. The van der Waals surface area contributed by atoms with Crippen molar-refractivity contribution in [3.8, 4) is 0 Å². The summed E-state index contributed by atoms with van der Waals surface area (Å²) in [6.07, 6.45) is 1.20. The molecule has 1 N–H and O–H groups in total. The Balaban J connectivity index is 1.83. The number of nitrogens with zero attached hydrogens (tertiary/aromatic N) is 1. The fraction of sp³-hybridized carbons (Fsp3) is 0.278. The van der Waals surface area contributed by atoms with Crippen LogP contribution in [-0.2, 0) is 14.8 Å². The molecule has 0 radical (unpaired) electrons. The number of anilines is 1. The number of rotatable bonds is 4. The van der Waals surface area contributed by atoms with E-state index in [-0.39, 0.29) is 10.8 Å². The molecule has 3 rings (SSSR count). The monoisotopic (exact) mass is 470 g/mol. The molecule has 5 nitrogen and oxygen atoms in total. The van der Waals surface area contributed by atoms with E-state index in [1.54, 1.807) is 24.3 Å². The number of amides is 1. The van der Waals surface area contributed by atoms with Crippen LogP contribution in [-0.4, -0.2) is 31.2 Å². The molecule has 2 aromatic rings. The van der Waals surface area contributed by atoms with Crippen LogP contribution >= 0.6 is 22.6 Å². The lowest BCUT2D eigenvalue weighted by atomic mass is 10.2. The first kappa shape index (κ1) is 18.3. The lowest BCUT2D eigenvalue weighted by Gasteiger charge is -2.23. The van der Waals surface area contributed by atoms with Gasteiger partial charge in [-0.2, -0.15) is 4.31 Å². The fourth-order valence-electron chi connectivity index (χ4n) is 2.91. The van der Waals surface area contributed by atoms with E-state index in [1.807, 2.05) is 31.2 Å². The van der Waals surface area contributed by atoms with Gasteiger partial charge in [-0.3, -0.25) is 4.79 Å². The second kappa shape index (κ2) is 7.43. The number of carbonyl (C=O) groups excluding carboxylic acids is 1. The molecule has 25 heavy (non-hydrogen) atoms. The van der Waals surface area contributed by atoms with Crippen LogP contribution in [0.1, 0.15) is 18.4 Å². The van der Waals surface area contributed by atoms with Crippen LogP contribution in [0.5, 0.6) is 0 Å². The second-order valence-corrected chi connectivity index (χ2v) is 9.11. The smallest absolute Gasteiger partial charge is 0.243 e. The van der Waals surface area contributed by atoms with Crippen molar-refractivity contribution in [3.63, 3.8) is 0 Å². The predicted molar refractivity (Wildman–Crippen MR) is 106 cm³/mol. The molecule has 2 aromatic carbocycles. The molecular weight excluding hydrogens is 451 g/mol. The number of para-hydroxylation sites is 1. The summed E-state index contributed by atoms with van der Waals surface area (Å²) < 4.78 is 28.1. The summed E-state index contributed by atoms with van der Waals surface area (Å²) in [5.41, 5.74) is 1.70. The molecule has 1 heterocycles. The van der Waals surface area contributed by atoms with E-state index in [0.29, 0.717) is 25.1 Å². The Morgan fingerprint density at radius 1 is 1.16 bits per heavy atom. The van der Waals surface area contributed by atoms with Gasteiger partial charge in [0.1, 0.15) is 6.04 Å². The Labute approximate surface area is 161 Å². The third-order valence-corrected chi connectivity index (χ3v) is 7.13. The first-order valence-electron chi connectivity index (χ1n) is 8.03. The van der Waals surface area contributed by atoms with Crippen LogP contribution in [0.3, 0.4) is 0 Å². The van der Waals surface area contributed by atoms with E-state index in [2.05, 4.69) is 27.9 Å². The lowest BCUT2D eigenvalue weighted by molar-refractivity contribution is -0.119. The van der Waals surface area contributed by atoms with Crippen LogP contribution in [0, 0.1) is 10.5 Å². The highest BCUT2D eigenvalue weighted by atomic mass is 127. The molecule has 1 aliphatic heterocycles. The number of hydrogen-bond acceptors (Lipinski definition) is 3. The molecule has 1 aliphatic rings. The first-order valence-corrected chi connectivity index (χ1v) is 10.6. The summed E-state index contributed by atoms with van der Waals surface area (Å²) in [5.74, 6) is -0.280. The number of sulfonamides is 1. The van der Waals surface area contributed by atoms with Crippen molar-refractivity contribution >= 4 is 44.2 Å². The number of nitrogens with one attached hydrogen (secondary N) is 1. The zero-order chi connectivity index (χ0) is 18.0. The summed E-state index contributed by atoms with van der Waals surface area (Å²) in [7, 11) is -3.68. The van der Waals surface area contributed by atoms with Gasteiger partial charge >= 0.3 is 0 Å². The quantitative estimate of drug-likeness (QED) is 0.697. The molecule has 1 amide bonds. The third-order valence-electron chi connectivity index (χ3n) is 4.27. The Hall–Kier alpha value is -1.45. The third kappa shape index (κ3) is 3.88. The molecule has 0 saturated carbocycles. The number of halogens is 1. The van der Waals surface area contributed by atoms with E-state index >= 15 is 0 Å². The van der Waals surface area contributed by atoms with Crippen molar-refractivity contribution < 1.29 is 13.2 Å². The van der Waals surface area contributed by atoms with E-state index in [1.165, 1.54) is 4.31 Å². The van der Waals surface area contributed by atoms with Crippen LogP contribution in [0.15, 0.2) is 53.4 Å². The Bertz CT molecular complexity index is 881. The van der Waals surface area contributed by atoms with Crippen LogP contribution in [0.25, 0.3) is 0 Å². The minimum atomic E-state index is -3.68. The maximum absolute atomic E-state index is 12.9. The largest absolute Gasteiger partial charge is 0.324 e. The maximum Gasteiger partial charge on any atom is 0.243 e. The minimum absolute atomic E-state index is 0.229. The van der Waals surface area contributed by atoms with Gasteiger partial charge in [0.15, 0.2) is 0 Å². The molecule has 7 heteroatoms. The predicted octanol–water partition coefficient (Wildman–Crippen LogP) is 3.39. The molecule has 0 bridgehead atoms. The molecule has 0 spiro atoms. The second-order valence-electron chi connectivity index (χ2n) is 6.06. The van der Waals surface area contributed by atoms with E-state index in [4.69, 9.17) is 0 Å². The normalized spacial score (nSPS) is 18.2. The van der Waals surface area contributed by atoms with Gasteiger partial charge < -0.3 is 5.32 Å². The highest BCUT2D eigenvalue weighted by molar-refractivity contribution is 14.1. The Morgan fingerprint density at radius 3 is 2.52 bits per heavy atom. The van der Waals surface area contributed by atoms with Crippen molar-refractivity contribution in [1.29, 1.82) is 0 Å². The molecular formula is C18H19IN2O3S. The molecule has 0 aromatic heterocycles. The number of aryl methyl sites for hydroxylation is 1. The Morgan fingerprint density at radius 2 is 1.84 bits per heavy atom. The van der Waals surface area contributed by atoms with Gasteiger partial charge in [0.25, 0.3) is 0 Å². The first-order chi connectivity index (χ1) is 11.9. The summed E-state index contributed by atoms with van der Waals surface area (Å²) in [6.45, 7) is 2.27. The van der Waals surface area contributed by atoms with Crippen molar-refractivity contribution in [1.82, 2.24) is 4.31 Å². The number of carbonyl (C=O) groups is 1. The fourth-order valence-corrected chi connectivity index (χ4v) is 5.09. The standard InChI is InChI=1S/C18H19IN2O3S/c1-13-8-10-14(11-9-13)25(23,24)21-12-4-7-17(21)18(22)20-16-6-3-2-5-15(16)19/h2-3,5-6,8-11,17H,4,7,12H2,1H3,(H,20,22). The van der Waals surface area contributed by atoms with Crippen LogP contribution < -0.4 is 5.32 Å². The molecule has 1 unspecified atom stereocenters. The van der Waals surface area contributed by atoms with Crippen LogP contribution in [0.2, 0.25) is 0 Å². The van der Waals surface area contributed by atoms with Crippen molar-refractivity contribution in [3.05, 3.63) is 57.7 Å². The molecule has 1 fully saturated rings. The average molecular weight is 470 g/mol. The van der Waals surface area contributed by atoms with E-state index in [0.717, 1.165) is 9.13 Å². The molecule has 1 atom stereocenters. The zero-order valence-electron chi connectivity index (χ0n) is 13.8. The SMILES string of the molecule is Cc1ccc(S(=O)(=O)N2CCCC2C(=O)Nc2ccccc2I)cc1. The van der Waals surface area contributed by atoms with Crippen LogP contribution in [0.4, 0.5) is 5.69 Å². The molecule has 1 saturated heterocycles. The summed E-state index contributed by atoms with van der Waals surface area (Å²) in [6, 6.07) is 13.5. The topological polar surface area (TPSA) is 66.5 Å². The van der Waals surface area contributed by atoms with E-state index < -0.39 is 16.1 Å². The van der Waals surface area contributed by atoms with Gasteiger partial charge in [-0.1, -0.05) is 29.8 Å². The van der Waals surface area contributed by atoms with Gasteiger partial charge in [0.05, 0.1) is 10.6 Å². The zero-order valence-corrected chi connectivity index (χ0v) is 16.7. The van der Waals surface area contributed by atoms with Gasteiger partial charge in [-0.15, -0.1) is 0 Å². The van der Waals surface area contributed by atoms with Crippen molar-refractivity contribution in [2.24, 2.45) is 0 Å². The van der Waals surface area contributed by atoms with Gasteiger partial charge in [0, 0.05) is 10.1 Å². The summed E-state index contributed by atoms with van der Waals surface area (Å²) >= 11 is 2.14. The number of benzene rings is 2.